The molecule has 1 aliphatic rings. The zero-order valence-corrected chi connectivity index (χ0v) is 15.4. The second-order valence-electron chi connectivity index (χ2n) is 6.74. The highest BCUT2D eigenvalue weighted by molar-refractivity contribution is 5.76. The summed E-state index contributed by atoms with van der Waals surface area (Å²) in [6.07, 6.45) is -6.30. The number of halogens is 6. The van der Waals surface area contributed by atoms with Crippen LogP contribution in [-0.4, -0.2) is 44.8 Å². The number of amides is 1. The van der Waals surface area contributed by atoms with Crippen LogP contribution in [0.1, 0.15) is 23.6 Å². The number of benzene rings is 1. The average molecular weight is 437 g/mol. The van der Waals surface area contributed by atoms with Crippen LogP contribution in [0, 0.1) is 17.5 Å². The Bertz CT molecular complexity index is 932. The molecule has 1 aromatic carbocycles. The first-order valence-corrected chi connectivity index (χ1v) is 8.86. The third-order valence-electron chi connectivity index (χ3n) is 4.76. The number of hydrogen-bond donors (Lipinski definition) is 1. The third kappa shape index (κ3) is 4.73. The molecule has 3 rings (SSSR count). The molecule has 2 heterocycles. The Labute approximate surface area is 166 Å². The molecule has 0 saturated heterocycles. The Balaban J connectivity index is 1.65. The number of carbonyl (C=O) groups is 1. The molecule has 1 aromatic heterocycles. The molecule has 1 atom stereocenters. The SMILES string of the molecule is NO[C@@H](CC(=O)N1CCc2nnc(C(F)(F)F)n2CC1)Cc1cc(F)c(F)cc1F. The molecule has 2 aromatic rings. The molecule has 0 saturated carbocycles. The second kappa shape index (κ2) is 8.60. The summed E-state index contributed by atoms with van der Waals surface area (Å²) in [6, 6.07) is 1.03. The molecule has 1 amide bonds. The van der Waals surface area contributed by atoms with Gasteiger partial charge in [0.15, 0.2) is 11.6 Å². The first-order chi connectivity index (χ1) is 14.1. The number of fused-ring (bicyclic) bond motifs is 1. The molecule has 0 spiro atoms. The molecule has 30 heavy (non-hydrogen) atoms. The summed E-state index contributed by atoms with van der Waals surface area (Å²) in [5.74, 6) is -0.00274. The van der Waals surface area contributed by atoms with E-state index in [-0.39, 0.29) is 50.3 Å². The Morgan fingerprint density at radius 2 is 1.80 bits per heavy atom. The number of carbonyl (C=O) groups excluding carboxylic acids is 1. The molecule has 0 bridgehead atoms. The molecule has 0 unspecified atom stereocenters. The topological polar surface area (TPSA) is 86.3 Å². The fourth-order valence-corrected chi connectivity index (χ4v) is 3.24. The maximum absolute atomic E-state index is 13.8. The highest BCUT2D eigenvalue weighted by Crippen LogP contribution is 2.29. The van der Waals surface area contributed by atoms with Crippen molar-refractivity contribution >= 4 is 5.91 Å². The first-order valence-electron chi connectivity index (χ1n) is 8.86. The maximum Gasteiger partial charge on any atom is 0.451 e. The Kier molecular flexibility index (Phi) is 6.31. The fraction of sp³-hybridized carbons (Fsp3) is 0.471. The van der Waals surface area contributed by atoms with Gasteiger partial charge in [0.2, 0.25) is 11.7 Å². The molecule has 0 radical (unpaired) electrons. The van der Waals surface area contributed by atoms with Gasteiger partial charge in [-0.2, -0.15) is 13.2 Å². The van der Waals surface area contributed by atoms with Crippen molar-refractivity contribution < 1.29 is 36.0 Å². The van der Waals surface area contributed by atoms with Gasteiger partial charge in [0, 0.05) is 38.5 Å². The predicted molar refractivity (Wildman–Crippen MR) is 89.0 cm³/mol. The Morgan fingerprint density at radius 3 is 2.47 bits per heavy atom. The fourth-order valence-electron chi connectivity index (χ4n) is 3.24. The van der Waals surface area contributed by atoms with E-state index in [1.165, 1.54) is 4.90 Å². The molecule has 13 heteroatoms. The summed E-state index contributed by atoms with van der Waals surface area (Å²) >= 11 is 0. The normalized spacial score (nSPS) is 15.6. The molecular formula is C17H17F6N5O2. The summed E-state index contributed by atoms with van der Waals surface area (Å²) in [7, 11) is 0. The lowest BCUT2D eigenvalue weighted by Crippen LogP contribution is -2.37. The lowest BCUT2D eigenvalue weighted by atomic mass is 10.0. The second-order valence-corrected chi connectivity index (χ2v) is 6.74. The van der Waals surface area contributed by atoms with Crippen LogP contribution in [0.4, 0.5) is 26.3 Å². The van der Waals surface area contributed by atoms with Crippen molar-refractivity contribution in [1.82, 2.24) is 19.7 Å². The monoisotopic (exact) mass is 437 g/mol. The predicted octanol–water partition coefficient (Wildman–Crippen LogP) is 1.99. The van der Waals surface area contributed by atoms with Gasteiger partial charge in [-0.1, -0.05) is 0 Å². The molecule has 1 aliphatic heterocycles. The van der Waals surface area contributed by atoms with Crippen LogP contribution in [0.5, 0.6) is 0 Å². The Morgan fingerprint density at radius 1 is 1.10 bits per heavy atom. The van der Waals surface area contributed by atoms with Gasteiger partial charge in [-0.15, -0.1) is 10.2 Å². The highest BCUT2D eigenvalue weighted by atomic mass is 19.4. The quantitative estimate of drug-likeness (QED) is 0.439. The van der Waals surface area contributed by atoms with Crippen LogP contribution in [0.2, 0.25) is 0 Å². The minimum absolute atomic E-state index is 0.0379. The van der Waals surface area contributed by atoms with Gasteiger partial charge < -0.3 is 14.3 Å². The van der Waals surface area contributed by atoms with Crippen LogP contribution >= 0.6 is 0 Å². The van der Waals surface area contributed by atoms with Gasteiger partial charge in [-0.3, -0.25) is 4.79 Å². The van der Waals surface area contributed by atoms with Crippen molar-refractivity contribution in [2.75, 3.05) is 13.1 Å². The third-order valence-corrected chi connectivity index (χ3v) is 4.76. The van der Waals surface area contributed by atoms with Gasteiger partial charge >= 0.3 is 6.18 Å². The molecule has 7 nitrogen and oxygen atoms in total. The molecule has 0 aliphatic carbocycles. The van der Waals surface area contributed by atoms with E-state index in [4.69, 9.17) is 5.90 Å². The minimum atomic E-state index is -4.67. The van der Waals surface area contributed by atoms with Crippen LogP contribution in [0.25, 0.3) is 0 Å². The lowest BCUT2D eigenvalue weighted by molar-refractivity contribution is -0.147. The van der Waals surface area contributed by atoms with E-state index in [0.29, 0.717) is 12.1 Å². The molecule has 0 fully saturated rings. The van der Waals surface area contributed by atoms with Crippen molar-refractivity contribution in [3.8, 4) is 0 Å². The van der Waals surface area contributed by atoms with Crippen molar-refractivity contribution in [2.24, 2.45) is 5.90 Å². The van der Waals surface area contributed by atoms with Gasteiger partial charge in [0.25, 0.3) is 0 Å². The van der Waals surface area contributed by atoms with Crippen LogP contribution in [0.15, 0.2) is 12.1 Å². The maximum atomic E-state index is 13.8. The van der Waals surface area contributed by atoms with Crippen molar-refractivity contribution in [3.05, 3.63) is 46.8 Å². The largest absolute Gasteiger partial charge is 0.451 e. The van der Waals surface area contributed by atoms with Gasteiger partial charge in [-0.25, -0.2) is 19.1 Å². The van der Waals surface area contributed by atoms with Gasteiger partial charge in [0.05, 0.1) is 12.5 Å². The first kappa shape index (κ1) is 22.0. The smallest absolute Gasteiger partial charge is 0.340 e. The summed E-state index contributed by atoms with van der Waals surface area (Å²) in [4.78, 5) is 18.6. The van der Waals surface area contributed by atoms with E-state index < -0.39 is 41.5 Å². The van der Waals surface area contributed by atoms with Crippen molar-refractivity contribution in [3.63, 3.8) is 0 Å². The lowest BCUT2D eigenvalue weighted by Gasteiger charge is -2.23. The van der Waals surface area contributed by atoms with Crippen molar-refractivity contribution in [1.29, 1.82) is 0 Å². The van der Waals surface area contributed by atoms with Crippen LogP contribution in [0.3, 0.4) is 0 Å². The number of aromatic nitrogens is 3. The van der Waals surface area contributed by atoms with Gasteiger partial charge in [0.1, 0.15) is 11.6 Å². The minimum Gasteiger partial charge on any atom is -0.340 e. The highest BCUT2D eigenvalue weighted by Gasteiger charge is 2.39. The number of rotatable bonds is 5. The van der Waals surface area contributed by atoms with E-state index in [0.717, 1.165) is 4.57 Å². The number of alkyl halides is 3. The molecular weight excluding hydrogens is 420 g/mol. The van der Waals surface area contributed by atoms with Crippen molar-refractivity contribution in [2.45, 2.75) is 38.1 Å². The van der Waals surface area contributed by atoms with E-state index in [1.54, 1.807) is 0 Å². The molecule has 2 N–H and O–H groups in total. The number of nitrogens with two attached hydrogens (primary N) is 1. The van der Waals surface area contributed by atoms with E-state index in [2.05, 4.69) is 15.0 Å². The molecule has 164 valence electrons. The van der Waals surface area contributed by atoms with E-state index in [9.17, 15) is 31.1 Å². The van der Waals surface area contributed by atoms with Crippen LogP contribution < -0.4 is 5.90 Å². The van der Waals surface area contributed by atoms with E-state index in [1.807, 2.05) is 0 Å². The summed E-state index contributed by atoms with van der Waals surface area (Å²) in [5.41, 5.74) is -0.228. The van der Waals surface area contributed by atoms with E-state index >= 15 is 0 Å². The zero-order valence-electron chi connectivity index (χ0n) is 15.4. The average Bonchev–Trinajstić information content (AvgIpc) is 2.97. The Hall–Kier alpha value is -2.67. The summed E-state index contributed by atoms with van der Waals surface area (Å²) in [5, 5.41) is 6.70. The number of nitrogens with zero attached hydrogens (tertiary/aromatic N) is 4. The summed E-state index contributed by atoms with van der Waals surface area (Å²) in [6.45, 7) is -0.107. The summed E-state index contributed by atoms with van der Waals surface area (Å²) < 4.78 is 80.1. The van der Waals surface area contributed by atoms with Crippen LogP contribution in [-0.2, 0) is 35.2 Å². The van der Waals surface area contributed by atoms with Gasteiger partial charge in [-0.05, 0) is 11.6 Å². The number of hydrogen-bond acceptors (Lipinski definition) is 5. The standard InChI is InChI=1S/C17H17F6N5O2/c18-11-8-13(20)12(19)6-9(11)5-10(30-24)7-15(29)27-2-1-14-25-26-16(17(21,22)23)28(14)4-3-27/h6,8,10H,1-5,7,24H2/t10-/m1/s1. The zero-order chi connectivity index (χ0) is 22.1.